The van der Waals surface area contributed by atoms with Crippen molar-refractivity contribution < 1.29 is 4.84 Å². The molecule has 0 saturated carbocycles. The van der Waals surface area contributed by atoms with Crippen molar-refractivity contribution >= 4 is 23.1 Å². The number of hydrogen-bond donors (Lipinski definition) is 1. The maximum Gasteiger partial charge on any atom is 0.157 e. The number of nitrogens with zero attached hydrogens (tertiary/aromatic N) is 1. The van der Waals surface area contributed by atoms with Gasteiger partial charge in [0.1, 0.15) is 0 Å². The maximum atomic E-state index is 5.95. The molecular weight excluding hydrogens is 332 g/mol. The van der Waals surface area contributed by atoms with Crippen molar-refractivity contribution in [2.24, 2.45) is 4.99 Å². The molecule has 0 amide bonds. The van der Waals surface area contributed by atoms with Crippen molar-refractivity contribution in [2.75, 3.05) is 0 Å². The Morgan fingerprint density at radius 1 is 0.920 bits per heavy atom. The van der Waals surface area contributed by atoms with E-state index in [1.54, 1.807) is 0 Å². The zero-order chi connectivity index (χ0) is 17.5. The van der Waals surface area contributed by atoms with Gasteiger partial charge < -0.3 is 0 Å². The number of halogens is 1. The summed E-state index contributed by atoms with van der Waals surface area (Å²) in [5.41, 5.74) is 7.02. The van der Waals surface area contributed by atoms with Crippen LogP contribution >= 0.6 is 11.6 Å². The number of hydroxylamine groups is 1. The molecule has 0 fully saturated rings. The second kappa shape index (κ2) is 8.47. The lowest BCUT2D eigenvalue weighted by atomic mass is 10.1. The van der Waals surface area contributed by atoms with Crippen LogP contribution in [0.3, 0.4) is 0 Å². The number of hydrogen-bond acceptors (Lipinski definition) is 2. The Kier molecular flexibility index (Phi) is 5.83. The van der Waals surface area contributed by atoms with Gasteiger partial charge in [-0.05, 0) is 36.8 Å². The summed E-state index contributed by atoms with van der Waals surface area (Å²) < 4.78 is 0. The topological polar surface area (TPSA) is 33.6 Å². The van der Waals surface area contributed by atoms with Gasteiger partial charge in [-0.3, -0.25) is 4.84 Å². The number of aliphatic imine (C=N–C) groups is 1. The Bertz CT molecular complexity index is 828. The first-order valence-electron chi connectivity index (χ1n) is 8.04. The zero-order valence-electron chi connectivity index (χ0n) is 13.9. The maximum absolute atomic E-state index is 5.95. The van der Waals surface area contributed by atoms with Gasteiger partial charge >= 0.3 is 0 Å². The first kappa shape index (κ1) is 17.2. The molecule has 3 aromatic rings. The molecule has 126 valence electrons. The molecular formula is C21H19ClN2O. The molecule has 0 aliphatic rings. The average molecular weight is 351 g/mol. The van der Waals surface area contributed by atoms with Crippen LogP contribution in [0.4, 0.5) is 5.69 Å². The first-order valence-corrected chi connectivity index (χ1v) is 8.41. The fourth-order valence-corrected chi connectivity index (χ4v) is 2.39. The van der Waals surface area contributed by atoms with E-state index in [2.05, 4.69) is 17.4 Å². The average Bonchev–Trinajstić information content (AvgIpc) is 2.64. The van der Waals surface area contributed by atoms with Crippen LogP contribution in [0.5, 0.6) is 0 Å². The van der Waals surface area contributed by atoms with E-state index in [1.165, 1.54) is 5.56 Å². The fourth-order valence-electron chi connectivity index (χ4n) is 2.26. The summed E-state index contributed by atoms with van der Waals surface area (Å²) in [6.07, 6.45) is 0. The molecule has 0 aliphatic carbocycles. The van der Waals surface area contributed by atoms with Gasteiger partial charge in [0.25, 0.3) is 0 Å². The molecule has 0 aromatic heterocycles. The monoisotopic (exact) mass is 350 g/mol. The van der Waals surface area contributed by atoms with Crippen molar-refractivity contribution in [1.29, 1.82) is 0 Å². The van der Waals surface area contributed by atoms with Gasteiger partial charge in [0.15, 0.2) is 5.84 Å². The van der Waals surface area contributed by atoms with Crippen LogP contribution in [0.1, 0.15) is 16.7 Å². The van der Waals surface area contributed by atoms with Crippen LogP contribution in [0.2, 0.25) is 5.02 Å². The van der Waals surface area contributed by atoms with Crippen LogP contribution in [-0.4, -0.2) is 5.84 Å². The van der Waals surface area contributed by atoms with Crippen LogP contribution in [0, 0.1) is 6.92 Å². The minimum Gasteiger partial charge on any atom is -0.270 e. The predicted molar refractivity (Wildman–Crippen MR) is 103 cm³/mol. The third kappa shape index (κ3) is 5.18. The van der Waals surface area contributed by atoms with Crippen molar-refractivity contribution in [3.05, 3.63) is 101 Å². The van der Waals surface area contributed by atoms with E-state index in [4.69, 9.17) is 16.4 Å². The van der Waals surface area contributed by atoms with E-state index in [-0.39, 0.29) is 0 Å². The zero-order valence-corrected chi connectivity index (χ0v) is 14.7. The molecule has 0 atom stereocenters. The van der Waals surface area contributed by atoms with E-state index in [0.717, 1.165) is 16.8 Å². The molecule has 0 aliphatic heterocycles. The van der Waals surface area contributed by atoms with Crippen LogP contribution < -0.4 is 5.48 Å². The SMILES string of the molecule is Cc1ccc(C(=Nc2ccc(Cl)cc2)NOCc2ccccc2)cc1. The Hall–Kier alpha value is -2.62. The first-order chi connectivity index (χ1) is 12.2. The molecule has 1 N–H and O–H groups in total. The second-order valence-corrected chi connectivity index (χ2v) is 6.12. The van der Waals surface area contributed by atoms with Crippen LogP contribution in [0.15, 0.2) is 83.9 Å². The molecule has 0 saturated heterocycles. The Morgan fingerprint density at radius 2 is 1.60 bits per heavy atom. The summed E-state index contributed by atoms with van der Waals surface area (Å²) in [5.74, 6) is 0.651. The predicted octanol–water partition coefficient (Wildman–Crippen LogP) is 5.45. The highest BCUT2D eigenvalue weighted by Gasteiger charge is 2.05. The lowest BCUT2D eigenvalue weighted by Gasteiger charge is -2.11. The molecule has 0 unspecified atom stereocenters. The van der Waals surface area contributed by atoms with E-state index < -0.39 is 0 Å². The highest BCUT2D eigenvalue weighted by molar-refractivity contribution is 6.30. The van der Waals surface area contributed by atoms with Gasteiger partial charge in [0.05, 0.1) is 12.3 Å². The minimum absolute atomic E-state index is 0.451. The van der Waals surface area contributed by atoms with E-state index in [1.807, 2.05) is 78.9 Å². The standard InChI is InChI=1S/C21H19ClN2O/c1-16-7-9-18(10-8-16)21(23-20-13-11-19(22)12-14-20)24-25-15-17-5-3-2-4-6-17/h2-14H,15H2,1H3,(H,23,24). The smallest absolute Gasteiger partial charge is 0.157 e. The molecule has 3 nitrogen and oxygen atoms in total. The van der Waals surface area contributed by atoms with Gasteiger partial charge in [0.2, 0.25) is 0 Å². The number of rotatable bonds is 5. The number of aryl methyl sites for hydroxylation is 1. The van der Waals surface area contributed by atoms with Crippen LogP contribution in [-0.2, 0) is 11.4 Å². The lowest BCUT2D eigenvalue weighted by Crippen LogP contribution is -2.24. The van der Waals surface area contributed by atoms with Crippen molar-refractivity contribution in [2.45, 2.75) is 13.5 Å². The molecule has 0 radical (unpaired) electrons. The highest BCUT2D eigenvalue weighted by Crippen LogP contribution is 2.17. The largest absolute Gasteiger partial charge is 0.270 e. The number of nitrogens with one attached hydrogen (secondary N) is 1. The summed E-state index contributed by atoms with van der Waals surface area (Å²) >= 11 is 5.95. The minimum atomic E-state index is 0.451. The van der Waals surface area contributed by atoms with Crippen molar-refractivity contribution in [1.82, 2.24) is 5.48 Å². The van der Waals surface area contributed by atoms with E-state index in [9.17, 15) is 0 Å². The molecule has 0 bridgehead atoms. The Morgan fingerprint density at radius 3 is 2.28 bits per heavy atom. The Balaban J connectivity index is 1.78. The van der Waals surface area contributed by atoms with E-state index in [0.29, 0.717) is 17.5 Å². The molecule has 25 heavy (non-hydrogen) atoms. The summed E-state index contributed by atoms with van der Waals surface area (Å²) in [7, 11) is 0. The van der Waals surface area contributed by atoms with Gasteiger partial charge in [0, 0.05) is 10.6 Å². The molecule has 4 heteroatoms. The third-order valence-electron chi connectivity index (χ3n) is 3.64. The quantitative estimate of drug-likeness (QED) is 0.377. The molecule has 3 rings (SSSR count). The van der Waals surface area contributed by atoms with Gasteiger partial charge in [-0.2, -0.15) is 0 Å². The number of benzene rings is 3. The van der Waals surface area contributed by atoms with Crippen molar-refractivity contribution in [3.63, 3.8) is 0 Å². The van der Waals surface area contributed by atoms with E-state index >= 15 is 0 Å². The normalized spacial score (nSPS) is 11.4. The van der Waals surface area contributed by atoms with Crippen molar-refractivity contribution in [3.8, 4) is 0 Å². The summed E-state index contributed by atoms with van der Waals surface area (Å²) in [4.78, 5) is 10.3. The highest BCUT2D eigenvalue weighted by atomic mass is 35.5. The summed E-state index contributed by atoms with van der Waals surface area (Å²) in [5, 5.41) is 0.684. The summed E-state index contributed by atoms with van der Waals surface area (Å²) in [6, 6.07) is 25.5. The van der Waals surface area contributed by atoms with Crippen LogP contribution in [0.25, 0.3) is 0 Å². The second-order valence-electron chi connectivity index (χ2n) is 5.68. The fraction of sp³-hybridized carbons (Fsp3) is 0.0952. The van der Waals surface area contributed by atoms with Gasteiger partial charge in [-0.25, -0.2) is 10.5 Å². The molecule has 3 aromatic carbocycles. The molecule has 0 spiro atoms. The number of amidine groups is 1. The van der Waals surface area contributed by atoms with Gasteiger partial charge in [-0.1, -0.05) is 71.8 Å². The molecule has 0 heterocycles. The van der Waals surface area contributed by atoms with Gasteiger partial charge in [-0.15, -0.1) is 0 Å². The lowest BCUT2D eigenvalue weighted by molar-refractivity contribution is 0.0716. The third-order valence-corrected chi connectivity index (χ3v) is 3.90. The Labute approximate surface area is 152 Å². The summed E-state index contributed by atoms with van der Waals surface area (Å²) in [6.45, 7) is 2.51.